The van der Waals surface area contributed by atoms with Crippen molar-refractivity contribution < 1.29 is 24.3 Å². The Hall–Kier alpha value is -1.75. The van der Waals surface area contributed by atoms with E-state index in [0.29, 0.717) is 12.6 Å². The molecule has 0 aliphatic heterocycles. The first-order chi connectivity index (χ1) is 9.13. The minimum atomic E-state index is -1.01. The summed E-state index contributed by atoms with van der Waals surface area (Å²) in [6, 6.07) is 6.04. The maximum atomic E-state index is 10.8. The van der Waals surface area contributed by atoms with E-state index in [0.717, 1.165) is 34.8 Å². The molecular formula is C14H19NO4. The largest absolute Gasteiger partial charge is 0.544 e. The summed E-state index contributed by atoms with van der Waals surface area (Å²) in [5.74, 6) is 0.457. The van der Waals surface area contributed by atoms with Crippen LogP contribution in [0.4, 0.5) is 0 Å². The smallest absolute Gasteiger partial charge is 0.131 e. The molecule has 1 fully saturated rings. The van der Waals surface area contributed by atoms with E-state index < -0.39 is 5.97 Å². The predicted octanol–water partition coefficient (Wildman–Crippen LogP) is -0.999. The molecule has 5 heteroatoms. The summed E-state index contributed by atoms with van der Waals surface area (Å²) in [6.45, 7) is 0.672. The molecule has 1 aliphatic rings. The Balaban J connectivity index is 2.13. The summed E-state index contributed by atoms with van der Waals surface area (Å²) in [5.41, 5.74) is 0.992. The van der Waals surface area contributed by atoms with Crippen molar-refractivity contribution in [1.82, 2.24) is 0 Å². The van der Waals surface area contributed by atoms with Crippen molar-refractivity contribution in [2.75, 3.05) is 20.8 Å². The molecule has 0 heterocycles. The van der Waals surface area contributed by atoms with Gasteiger partial charge in [-0.3, -0.25) is 0 Å². The number of aliphatic carboxylic acids is 1. The van der Waals surface area contributed by atoms with Crippen molar-refractivity contribution >= 4 is 5.97 Å². The number of carboxylic acid groups (broad SMARTS) is 1. The lowest BCUT2D eigenvalue weighted by atomic mass is 10.1. The Morgan fingerprint density at radius 3 is 2.63 bits per heavy atom. The van der Waals surface area contributed by atoms with Crippen LogP contribution in [0.15, 0.2) is 18.2 Å². The molecule has 1 aromatic carbocycles. The summed E-state index contributed by atoms with van der Waals surface area (Å²) >= 11 is 0. The number of quaternary nitrogens is 1. The van der Waals surface area contributed by atoms with Crippen LogP contribution in [-0.4, -0.2) is 32.8 Å². The fraction of sp³-hybridized carbons (Fsp3) is 0.500. The summed E-state index contributed by atoms with van der Waals surface area (Å²) in [6.07, 6.45) is 2.17. The highest BCUT2D eigenvalue weighted by Crippen LogP contribution is 2.24. The number of rotatable bonds is 7. The molecule has 1 saturated carbocycles. The van der Waals surface area contributed by atoms with Crippen molar-refractivity contribution in [3.8, 4) is 11.5 Å². The highest BCUT2D eigenvalue weighted by atomic mass is 16.5. The van der Waals surface area contributed by atoms with E-state index in [9.17, 15) is 9.90 Å². The van der Waals surface area contributed by atoms with Crippen LogP contribution in [0.5, 0.6) is 11.5 Å². The van der Waals surface area contributed by atoms with Crippen molar-refractivity contribution in [2.45, 2.75) is 25.4 Å². The van der Waals surface area contributed by atoms with Crippen LogP contribution >= 0.6 is 0 Å². The average Bonchev–Trinajstić information content (AvgIpc) is 3.22. The maximum absolute atomic E-state index is 10.8. The highest BCUT2D eigenvalue weighted by Gasteiger charge is 2.33. The van der Waals surface area contributed by atoms with Crippen LogP contribution < -0.4 is 19.5 Å². The Kier molecular flexibility index (Phi) is 4.27. The number of carbonyl (C=O) groups is 1. The van der Waals surface area contributed by atoms with Crippen molar-refractivity contribution in [3.63, 3.8) is 0 Å². The number of ether oxygens (including phenoxy) is 2. The third kappa shape index (κ3) is 3.61. The van der Waals surface area contributed by atoms with Gasteiger partial charge < -0.3 is 24.3 Å². The van der Waals surface area contributed by atoms with E-state index in [1.807, 2.05) is 18.2 Å². The Labute approximate surface area is 112 Å². The molecule has 1 unspecified atom stereocenters. The number of carbonyl (C=O) groups excluding carboxylic acids is 1. The van der Waals surface area contributed by atoms with E-state index >= 15 is 0 Å². The standard InChI is InChI=1S/C14H19NO4/c1-18-12-6-3-10(13(7-12)19-2)8-15(9-14(16)17)11-4-5-11/h3,6-7,11H,4-5,8-9H2,1-2H3,(H,16,17). The van der Waals surface area contributed by atoms with Gasteiger partial charge in [-0.15, -0.1) is 0 Å². The van der Waals surface area contributed by atoms with Gasteiger partial charge in [-0.25, -0.2) is 0 Å². The summed E-state index contributed by atoms with van der Waals surface area (Å²) in [5, 5.41) is 10.8. The maximum Gasteiger partial charge on any atom is 0.131 e. The normalized spacial score (nSPS) is 15.9. The lowest BCUT2D eigenvalue weighted by Gasteiger charge is -2.21. The molecule has 0 spiro atoms. The lowest BCUT2D eigenvalue weighted by molar-refractivity contribution is -0.919. The molecule has 1 N–H and O–H groups in total. The number of nitrogens with one attached hydrogen (secondary N) is 1. The molecule has 1 atom stereocenters. The zero-order chi connectivity index (χ0) is 13.8. The molecule has 19 heavy (non-hydrogen) atoms. The van der Waals surface area contributed by atoms with Gasteiger partial charge in [-0.2, -0.15) is 0 Å². The third-order valence-electron chi connectivity index (χ3n) is 3.44. The number of hydrogen-bond donors (Lipinski definition) is 1. The molecule has 104 valence electrons. The zero-order valence-corrected chi connectivity index (χ0v) is 11.3. The second-order valence-electron chi connectivity index (χ2n) is 4.84. The van der Waals surface area contributed by atoms with Crippen molar-refractivity contribution in [3.05, 3.63) is 23.8 Å². The van der Waals surface area contributed by atoms with Crippen LogP contribution in [0.2, 0.25) is 0 Å². The van der Waals surface area contributed by atoms with Crippen molar-refractivity contribution in [2.24, 2.45) is 0 Å². The highest BCUT2D eigenvalue weighted by molar-refractivity contribution is 5.65. The molecule has 0 radical (unpaired) electrons. The van der Waals surface area contributed by atoms with Gasteiger partial charge in [0.25, 0.3) is 0 Å². The number of benzene rings is 1. The quantitative estimate of drug-likeness (QED) is 0.687. The van der Waals surface area contributed by atoms with Crippen LogP contribution in [0.25, 0.3) is 0 Å². The van der Waals surface area contributed by atoms with Crippen LogP contribution in [0.1, 0.15) is 18.4 Å². The van der Waals surface area contributed by atoms with Gasteiger partial charge in [0.1, 0.15) is 24.6 Å². The Bertz CT molecular complexity index is 457. The van der Waals surface area contributed by atoms with Crippen molar-refractivity contribution in [1.29, 1.82) is 0 Å². The molecule has 0 amide bonds. The SMILES string of the molecule is COc1ccc(C[NH+](CC(=O)[O-])C2CC2)c(OC)c1. The topological polar surface area (TPSA) is 63.0 Å². The van der Waals surface area contributed by atoms with Crippen LogP contribution in [0.3, 0.4) is 0 Å². The molecule has 5 nitrogen and oxygen atoms in total. The van der Waals surface area contributed by atoms with E-state index in [1.165, 1.54) is 0 Å². The first kappa shape index (κ1) is 13.7. The van der Waals surface area contributed by atoms with Crippen LogP contribution in [-0.2, 0) is 11.3 Å². The summed E-state index contributed by atoms with van der Waals surface area (Å²) in [4.78, 5) is 11.8. The summed E-state index contributed by atoms with van der Waals surface area (Å²) < 4.78 is 10.5. The van der Waals surface area contributed by atoms with Gasteiger partial charge in [0, 0.05) is 24.5 Å². The van der Waals surface area contributed by atoms with E-state index in [2.05, 4.69) is 0 Å². The van der Waals surface area contributed by atoms with Gasteiger partial charge in [0.05, 0.1) is 26.2 Å². The first-order valence-electron chi connectivity index (χ1n) is 6.39. The Morgan fingerprint density at radius 2 is 2.11 bits per heavy atom. The first-order valence-corrected chi connectivity index (χ1v) is 6.39. The predicted molar refractivity (Wildman–Crippen MR) is 67.1 cm³/mol. The molecular weight excluding hydrogens is 246 g/mol. The minimum Gasteiger partial charge on any atom is -0.544 e. The zero-order valence-electron chi connectivity index (χ0n) is 11.3. The molecule has 1 aromatic rings. The molecule has 0 saturated heterocycles. The van der Waals surface area contributed by atoms with Gasteiger partial charge in [0.2, 0.25) is 0 Å². The molecule has 0 bridgehead atoms. The molecule has 1 aliphatic carbocycles. The monoisotopic (exact) mass is 265 g/mol. The average molecular weight is 265 g/mol. The second kappa shape index (κ2) is 5.93. The summed E-state index contributed by atoms with van der Waals surface area (Å²) in [7, 11) is 3.21. The lowest BCUT2D eigenvalue weighted by Crippen LogP contribution is -3.13. The molecule has 0 aromatic heterocycles. The number of carboxylic acids is 1. The minimum absolute atomic E-state index is 0.0415. The van der Waals surface area contributed by atoms with Gasteiger partial charge in [0.15, 0.2) is 0 Å². The van der Waals surface area contributed by atoms with E-state index in [-0.39, 0.29) is 6.54 Å². The third-order valence-corrected chi connectivity index (χ3v) is 3.44. The number of hydrogen-bond acceptors (Lipinski definition) is 4. The van der Waals surface area contributed by atoms with E-state index in [4.69, 9.17) is 9.47 Å². The fourth-order valence-corrected chi connectivity index (χ4v) is 2.27. The fourth-order valence-electron chi connectivity index (χ4n) is 2.27. The Morgan fingerprint density at radius 1 is 1.37 bits per heavy atom. The van der Waals surface area contributed by atoms with Gasteiger partial charge >= 0.3 is 0 Å². The van der Waals surface area contributed by atoms with E-state index in [1.54, 1.807) is 14.2 Å². The second-order valence-corrected chi connectivity index (χ2v) is 4.84. The number of methoxy groups -OCH3 is 2. The van der Waals surface area contributed by atoms with Gasteiger partial charge in [-0.05, 0) is 12.1 Å². The molecule has 2 rings (SSSR count). The van der Waals surface area contributed by atoms with Gasteiger partial charge in [-0.1, -0.05) is 0 Å². The van der Waals surface area contributed by atoms with Crippen LogP contribution in [0, 0.1) is 0 Å².